The Morgan fingerprint density at radius 1 is 1.11 bits per heavy atom. The molecule has 1 aliphatic carbocycles. The van der Waals surface area contributed by atoms with E-state index < -0.39 is 0 Å². The summed E-state index contributed by atoms with van der Waals surface area (Å²) in [7, 11) is 1.72. The zero-order valence-corrected chi connectivity index (χ0v) is 11.0. The van der Waals surface area contributed by atoms with Crippen LogP contribution in [0.15, 0.2) is 18.2 Å². The van der Waals surface area contributed by atoms with Crippen LogP contribution in [0.4, 0.5) is 11.4 Å². The van der Waals surface area contributed by atoms with Gasteiger partial charge in [-0.1, -0.05) is 19.3 Å². The van der Waals surface area contributed by atoms with E-state index in [1.807, 2.05) is 6.07 Å². The maximum Gasteiger partial charge on any atom is 0.121 e. The largest absolute Gasteiger partial charge is 0.497 e. The third-order valence-electron chi connectivity index (χ3n) is 4.28. The molecule has 1 fully saturated rings. The highest BCUT2D eigenvalue weighted by atomic mass is 16.5. The zero-order chi connectivity index (χ0) is 12.4. The average molecular weight is 246 g/mol. The minimum atomic E-state index is 0.634. The standard InChI is InChI=1S/C15H22N2O/c1-18-12-7-8-14-15(9-12)16-10-11-5-3-2-4-6-13(11)17-14/h7-9,11,13,16-17H,2-6,10H2,1H3. The number of nitrogens with one attached hydrogen (secondary N) is 2. The van der Waals surface area contributed by atoms with E-state index in [0.29, 0.717) is 6.04 Å². The van der Waals surface area contributed by atoms with Crippen LogP contribution in [0.2, 0.25) is 0 Å². The van der Waals surface area contributed by atoms with E-state index in [9.17, 15) is 0 Å². The van der Waals surface area contributed by atoms with Gasteiger partial charge in [-0.15, -0.1) is 0 Å². The first kappa shape index (κ1) is 11.7. The molecule has 0 radical (unpaired) electrons. The first-order valence-electron chi connectivity index (χ1n) is 7.05. The highest BCUT2D eigenvalue weighted by Crippen LogP contribution is 2.35. The fraction of sp³-hybridized carbons (Fsp3) is 0.600. The maximum absolute atomic E-state index is 5.29. The molecule has 1 heterocycles. The molecular weight excluding hydrogens is 224 g/mol. The second kappa shape index (κ2) is 5.09. The number of methoxy groups -OCH3 is 1. The molecule has 3 nitrogen and oxygen atoms in total. The van der Waals surface area contributed by atoms with Crippen LogP contribution in [-0.2, 0) is 0 Å². The maximum atomic E-state index is 5.29. The third kappa shape index (κ3) is 2.26. The lowest BCUT2D eigenvalue weighted by Crippen LogP contribution is -2.30. The van der Waals surface area contributed by atoms with E-state index in [2.05, 4.69) is 22.8 Å². The SMILES string of the molecule is COc1ccc2c(c1)NCC1CCCCCC1N2. The molecule has 0 aromatic heterocycles. The van der Waals surface area contributed by atoms with Gasteiger partial charge in [0.25, 0.3) is 0 Å². The monoisotopic (exact) mass is 246 g/mol. The van der Waals surface area contributed by atoms with Gasteiger partial charge in [0.05, 0.1) is 18.5 Å². The molecule has 0 bridgehead atoms. The fourth-order valence-electron chi connectivity index (χ4n) is 3.18. The third-order valence-corrected chi connectivity index (χ3v) is 4.28. The normalized spacial score (nSPS) is 26.7. The molecule has 2 unspecified atom stereocenters. The summed E-state index contributed by atoms with van der Waals surface area (Å²) in [6.07, 6.45) is 6.78. The Balaban J connectivity index is 1.85. The molecule has 0 saturated heterocycles. The zero-order valence-electron chi connectivity index (χ0n) is 11.0. The lowest BCUT2D eigenvalue weighted by atomic mass is 9.95. The van der Waals surface area contributed by atoms with Crippen LogP contribution < -0.4 is 15.4 Å². The minimum absolute atomic E-state index is 0.634. The number of benzene rings is 1. The van der Waals surface area contributed by atoms with Gasteiger partial charge in [0, 0.05) is 18.7 Å². The number of ether oxygens (including phenoxy) is 1. The van der Waals surface area contributed by atoms with Crippen molar-refractivity contribution in [3.8, 4) is 5.75 Å². The van der Waals surface area contributed by atoms with Gasteiger partial charge in [-0.25, -0.2) is 0 Å². The second-order valence-corrected chi connectivity index (χ2v) is 5.44. The van der Waals surface area contributed by atoms with Gasteiger partial charge >= 0.3 is 0 Å². The molecular formula is C15H22N2O. The van der Waals surface area contributed by atoms with Crippen molar-refractivity contribution < 1.29 is 4.74 Å². The predicted octanol–water partition coefficient (Wildman–Crippen LogP) is 3.48. The van der Waals surface area contributed by atoms with Crippen molar-refractivity contribution in [1.82, 2.24) is 0 Å². The van der Waals surface area contributed by atoms with E-state index >= 15 is 0 Å². The van der Waals surface area contributed by atoms with Crippen LogP contribution in [0.5, 0.6) is 5.75 Å². The highest BCUT2D eigenvalue weighted by Gasteiger charge is 2.26. The Morgan fingerprint density at radius 2 is 2.00 bits per heavy atom. The number of rotatable bonds is 1. The Morgan fingerprint density at radius 3 is 2.89 bits per heavy atom. The van der Waals surface area contributed by atoms with Crippen molar-refractivity contribution in [2.45, 2.75) is 38.1 Å². The molecule has 3 heteroatoms. The Hall–Kier alpha value is -1.38. The van der Waals surface area contributed by atoms with Crippen LogP contribution >= 0.6 is 0 Å². The molecule has 3 rings (SSSR count). The van der Waals surface area contributed by atoms with Crippen LogP contribution in [0.25, 0.3) is 0 Å². The van der Waals surface area contributed by atoms with Crippen LogP contribution in [0, 0.1) is 5.92 Å². The summed E-state index contributed by atoms with van der Waals surface area (Å²) in [5, 5.41) is 7.32. The fourth-order valence-corrected chi connectivity index (χ4v) is 3.18. The number of fused-ring (bicyclic) bond motifs is 2. The van der Waals surface area contributed by atoms with Crippen molar-refractivity contribution >= 4 is 11.4 Å². The van der Waals surface area contributed by atoms with Crippen molar-refractivity contribution in [2.75, 3.05) is 24.3 Å². The first-order chi connectivity index (χ1) is 8.86. The summed E-state index contributed by atoms with van der Waals surface area (Å²) in [5.74, 6) is 1.68. The van der Waals surface area contributed by atoms with Gasteiger partial charge in [-0.3, -0.25) is 0 Å². The lowest BCUT2D eigenvalue weighted by molar-refractivity contribution is 0.415. The van der Waals surface area contributed by atoms with Crippen molar-refractivity contribution in [3.63, 3.8) is 0 Å². The summed E-state index contributed by atoms with van der Waals surface area (Å²) >= 11 is 0. The Labute approximate surface area is 109 Å². The quantitative estimate of drug-likeness (QED) is 0.796. The highest BCUT2D eigenvalue weighted by molar-refractivity contribution is 5.72. The molecule has 2 aliphatic rings. The van der Waals surface area contributed by atoms with Crippen molar-refractivity contribution in [1.29, 1.82) is 0 Å². The van der Waals surface area contributed by atoms with Gasteiger partial charge in [0.1, 0.15) is 5.75 Å². The number of hydrogen-bond donors (Lipinski definition) is 2. The molecule has 2 N–H and O–H groups in total. The van der Waals surface area contributed by atoms with Crippen LogP contribution in [0.3, 0.4) is 0 Å². The predicted molar refractivity (Wildman–Crippen MR) is 75.5 cm³/mol. The Kier molecular flexibility index (Phi) is 3.31. The lowest BCUT2D eigenvalue weighted by Gasteiger charge is -2.23. The molecule has 1 aliphatic heterocycles. The summed E-state index contributed by atoms with van der Waals surface area (Å²) in [4.78, 5) is 0. The molecule has 1 saturated carbocycles. The van der Waals surface area contributed by atoms with E-state index in [1.54, 1.807) is 7.11 Å². The van der Waals surface area contributed by atoms with E-state index in [4.69, 9.17) is 4.74 Å². The van der Waals surface area contributed by atoms with Gasteiger partial charge in [-0.2, -0.15) is 0 Å². The number of hydrogen-bond acceptors (Lipinski definition) is 3. The van der Waals surface area contributed by atoms with E-state index in [0.717, 1.165) is 18.2 Å². The smallest absolute Gasteiger partial charge is 0.121 e. The summed E-state index contributed by atoms with van der Waals surface area (Å²) in [5.41, 5.74) is 2.41. The second-order valence-electron chi connectivity index (χ2n) is 5.44. The molecule has 2 atom stereocenters. The first-order valence-corrected chi connectivity index (χ1v) is 7.05. The van der Waals surface area contributed by atoms with Gasteiger partial charge in [0.2, 0.25) is 0 Å². The molecule has 98 valence electrons. The molecule has 18 heavy (non-hydrogen) atoms. The molecule has 0 amide bonds. The molecule has 1 aromatic carbocycles. The molecule has 1 aromatic rings. The molecule has 0 spiro atoms. The van der Waals surface area contributed by atoms with Gasteiger partial charge < -0.3 is 15.4 Å². The summed E-state index contributed by atoms with van der Waals surface area (Å²) in [6.45, 7) is 1.08. The van der Waals surface area contributed by atoms with Gasteiger partial charge in [-0.05, 0) is 30.9 Å². The van der Waals surface area contributed by atoms with E-state index in [1.165, 1.54) is 43.5 Å². The number of anilines is 2. The van der Waals surface area contributed by atoms with Crippen molar-refractivity contribution in [2.24, 2.45) is 5.92 Å². The average Bonchev–Trinajstić information content (AvgIpc) is 2.71. The minimum Gasteiger partial charge on any atom is -0.497 e. The topological polar surface area (TPSA) is 33.3 Å². The van der Waals surface area contributed by atoms with Crippen LogP contribution in [0.1, 0.15) is 32.1 Å². The van der Waals surface area contributed by atoms with E-state index in [-0.39, 0.29) is 0 Å². The summed E-state index contributed by atoms with van der Waals surface area (Å²) < 4.78 is 5.29. The Bertz CT molecular complexity index is 419. The van der Waals surface area contributed by atoms with Crippen molar-refractivity contribution in [3.05, 3.63) is 18.2 Å². The summed E-state index contributed by atoms with van der Waals surface area (Å²) in [6, 6.07) is 6.89. The van der Waals surface area contributed by atoms with Crippen LogP contribution in [-0.4, -0.2) is 19.7 Å². The van der Waals surface area contributed by atoms with Gasteiger partial charge in [0.15, 0.2) is 0 Å².